The summed E-state index contributed by atoms with van der Waals surface area (Å²) in [6, 6.07) is 4.67. The molecule has 0 bridgehead atoms. The van der Waals surface area contributed by atoms with Crippen molar-refractivity contribution in [1.29, 1.82) is 0 Å². The molecule has 3 atom stereocenters. The van der Waals surface area contributed by atoms with Gasteiger partial charge < -0.3 is 15.5 Å². The normalized spacial score (nSPS) is 22.5. The Balaban J connectivity index is 0.000000343. The lowest BCUT2D eigenvalue weighted by molar-refractivity contribution is -0.193. The Morgan fingerprint density at radius 2 is 1.62 bits per heavy atom. The lowest BCUT2D eigenvalue weighted by atomic mass is 10.0. The first-order valence-corrected chi connectivity index (χ1v) is 9.72. The van der Waals surface area contributed by atoms with Crippen LogP contribution in [0, 0.1) is 5.92 Å². The Bertz CT molecular complexity index is 813. The van der Waals surface area contributed by atoms with Crippen molar-refractivity contribution in [2.45, 2.75) is 37.4 Å². The third-order valence-electron chi connectivity index (χ3n) is 5.19. The second kappa shape index (κ2) is 12.0. The van der Waals surface area contributed by atoms with Crippen LogP contribution in [0.3, 0.4) is 0 Å². The second-order valence-electron chi connectivity index (χ2n) is 7.52. The second-order valence-corrected chi connectivity index (χ2v) is 7.52. The summed E-state index contributed by atoms with van der Waals surface area (Å²) in [4.78, 5) is 38.5. The molecule has 1 aromatic rings. The summed E-state index contributed by atoms with van der Waals surface area (Å²) in [5.41, 5.74) is 1.26. The molecule has 3 rings (SSSR count). The number of aromatic nitrogens is 1. The molecule has 1 amide bonds. The highest BCUT2D eigenvalue weighted by atomic mass is 19.4. The predicted octanol–water partition coefficient (Wildman–Crippen LogP) is 1.60. The van der Waals surface area contributed by atoms with Gasteiger partial charge in [0.15, 0.2) is 0 Å². The van der Waals surface area contributed by atoms with Gasteiger partial charge in [0.1, 0.15) is 0 Å². The molecule has 15 heteroatoms. The van der Waals surface area contributed by atoms with Gasteiger partial charge in [0, 0.05) is 45.1 Å². The summed E-state index contributed by atoms with van der Waals surface area (Å²) in [7, 11) is 3.80. The fourth-order valence-corrected chi connectivity index (χ4v) is 3.66. The average Bonchev–Trinajstić information content (AvgIpc) is 3.26. The Labute approximate surface area is 190 Å². The number of amides is 1. The maximum atomic E-state index is 11.9. The number of carbonyl (C=O) groups excluding carboxylic acids is 1. The number of nitrogens with one attached hydrogen (secondary N) is 1. The standard InChI is InChI=1S/C15H22N4O.2C2HF3O2/c1-16-15(20)13-6-12-9-19(10-14(12)18(13)2)8-11-4-3-5-17-7-11;2*3-2(4,5)1(6)7/h3-5,7,12-14H,6,8-10H2,1-2H3,(H,16,20);2*(H,6,7)/t12-,13-,14+;;/m0../s1. The van der Waals surface area contributed by atoms with Crippen molar-refractivity contribution in [3.05, 3.63) is 30.1 Å². The molecule has 0 aromatic carbocycles. The topological polar surface area (TPSA) is 123 Å². The molecule has 1 aromatic heterocycles. The first-order valence-electron chi connectivity index (χ1n) is 9.72. The zero-order chi connectivity index (χ0) is 26.3. The van der Waals surface area contributed by atoms with Crippen molar-refractivity contribution in [1.82, 2.24) is 20.1 Å². The smallest absolute Gasteiger partial charge is 0.475 e. The van der Waals surface area contributed by atoms with Crippen LogP contribution < -0.4 is 5.32 Å². The monoisotopic (exact) mass is 502 g/mol. The zero-order valence-corrected chi connectivity index (χ0v) is 18.1. The minimum Gasteiger partial charge on any atom is -0.475 e. The Kier molecular flexibility index (Phi) is 10.2. The van der Waals surface area contributed by atoms with Crippen LogP contribution in [0.1, 0.15) is 12.0 Å². The lowest BCUT2D eigenvalue weighted by Crippen LogP contribution is -2.44. The van der Waals surface area contributed by atoms with Crippen LogP contribution in [0.5, 0.6) is 0 Å². The van der Waals surface area contributed by atoms with Gasteiger partial charge in [-0.15, -0.1) is 0 Å². The third-order valence-corrected chi connectivity index (χ3v) is 5.19. The predicted molar refractivity (Wildman–Crippen MR) is 104 cm³/mol. The minimum atomic E-state index is -5.08. The van der Waals surface area contributed by atoms with Crippen LogP contribution in [0.2, 0.25) is 0 Å². The van der Waals surface area contributed by atoms with Gasteiger partial charge >= 0.3 is 24.3 Å². The van der Waals surface area contributed by atoms with Crippen molar-refractivity contribution in [2.75, 3.05) is 27.2 Å². The molecule has 2 aliphatic heterocycles. The van der Waals surface area contributed by atoms with E-state index in [9.17, 15) is 31.1 Å². The van der Waals surface area contributed by atoms with Crippen molar-refractivity contribution < 1.29 is 50.9 Å². The van der Waals surface area contributed by atoms with Crippen LogP contribution in [-0.4, -0.2) is 94.5 Å². The largest absolute Gasteiger partial charge is 0.490 e. The first kappa shape index (κ1) is 29.1. The highest BCUT2D eigenvalue weighted by Crippen LogP contribution is 2.35. The van der Waals surface area contributed by atoms with Gasteiger partial charge in [-0.3, -0.25) is 19.6 Å². The summed E-state index contributed by atoms with van der Waals surface area (Å²) in [6.07, 6.45) is -5.44. The molecule has 0 aliphatic carbocycles. The molecule has 34 heavy (non-hydrogen) atoms. The number of carboxylic acid groups (broad SMARTS) is 2. The average molecular weight is 502 g/mol. The van der Waals surface area contributed by atoms with Crippen LogP contribution in [0.4, 0.5) is 26.3 Å². The number of likely N-dealkylation sites (N-methyl/N-ethyl adjacent to an activating group) is 2. The van der Waals surface area contributed by atoms with E-state index in [-0.39, 0.29) is 11.9 Å². The number of alkyl halides is 6. The van der Waals surface area contributed by atoms with E-state index in [0.717, 1.165) is 26.1 Å². The van der Waals surface area contributed by atoms with E-state index >= 15 is 0 Å². The van der Waals surface area contributed by atoms with Crippen LogP contribution in [0.15, 0.2) is 24.5 Å². The summed E-state index contributed by atoms with van der Waals surface area (Å²) >= 11 is 0. The Hall–Kier alpha value is -2.94. The van der Waals surface area contributed by atoms with Crippen LogP contribution in [0.25, 0.3) is 0 Å². The quantitative estimate of drug-likeness (QED) is 0.533. The van der Waals surface area contributed by atoms with Crippen molar-refractivity contribution in [2.24, 2.45) is 5.92 Å². The number of rotatable bonds is 3. The molecule has 9 nitrogen and oxygen atoms in total. The summed E-state index contributed by atoms with van der Waals surface area (Å²) in [6.45, 7) is 3.08. The van der Waals surface area contributed by atoms with E-state index in [0.29, 0.717) is 12.0 Å². The number of nitrogens with zero attached hydrogens (tertiary/aromatic N) is 3. The Morgan fingerprint density at radius 1 is 1.09 bits per heavy atom. The minimum absolute atomic E-state index is 0.0514. The van der Waals surface area contributed by atoms with E-state index in [1.165, 1.54) is 5.56 Å². The number of likely N-dealkylation sites (tertiary alicyclic amines) is 2. The summed E-state index contributed by atoms with van der Waals surface area (Å²) in [5.74, 6) is -4.75. The van der Waals surface area contributed by atoms with E-state index in [4.69, 9.17) is 19.8 Å². The third kappa shape index (κ3) is 8.78. The first-order chi connectivity index (χ1) is 15.6. The molecule has 0 saturated carbocycles. The maximum absolute atomic E-state index is 11.9. The fourth-order valence-electron chi connectivity index (χ4n) is 3.66. The SMILES string of the molecule is CNC(=O)[C@@H]1C[C@H]2CN(Cc3cccnc3)C[C@H]2N1C.O=C(O)C(F)(F)F.O=C(O)C(F)(F)F. The molecule has 0 spiro atoms. The highest BCUT2D eigenvalue weighted by molar-refractivity contribution is 5.81. The fraction of sp³-hybridized carbons (Fsp3) is 0.579. The lowest BCUT2D eigenvalue weighted by Gasteiger charge is -2.25. The van der Waals surface area contributed by atoms with E-state index in [2.05, 4.69) is 33.2 Å². The summed E-state index contributed by atoms with van der Waals surface area (Å²) < 4.78 is 63.5. The summed E-state index contributed by atoms with van der Waals surface area (Å²) in [5, 5.41) is 17.0. The Morgan fingerprint density at radius 3 is 2.00 bits per heavy atom. The number of carbonyl (C=O) groups is 3. The van der Waals surface area contributed by atoms with E-state index in [1.807, 2.05) is 18.5 Å². The molecule has 192 valence electrons. The number of hydrogen-bond acceptors (Lipinski definition) is 6. The number of aliphatic carboxylic acids is 2. The van der Waals surface area contributed by atoms with Gasteiger partial charge in [-0.2, -0.15) is 26.3 Å². The highest BCUT2D eigenvalue weighted by Gasteiger charge is 2.46. The van der Waals surface area contributed by atoms with E-state index in [1.54, 1.807) is 7.05 Å². The molecule has 2 aliphatic rings. The van der Waals surface area contributed by atoms with Crippen molar-refractivity contribution in [3.8, 4) is 0 Å². The van der Waals surface area contributed by atoms with Gasteiger partial charge in [-0.05, 0) is 31.0 Å². The van der Waals surface area contributed by atoms with Crippen LogP contribution >= 0.6 is 0 Å². The number of halogens is 6. The van der Waals surface area contributed by atoms with Gasteiger partial charge in [0.2, 0.25) is 5.91 Å². The van der Waals surface area contributed by atoms with Gasteiger partial charge in [0.05, 0.1) is 6.04 Å². The molecular weight excluding hydrogens is 478 g/mol. The van der Waals surface area contributed by atoms with Gasteiger partial charge in [0.25, 0.3) is 0 Å². The van der Waals surface area contributed by atoms with Gasteiger partial charge in [-0.1, -0.05) is 6.07 Å². The maximum Gasteiger partial charge on any atom is 0.490 e. The molecule has 0 unspecified atom stereocenters. The van der Waals surface area contributed by atoms with Crippen molar-refractivity contribution >= 4 is 17.8 Å². The molecular formula is C19H24F6N4O5. The molecule has 2 fully saturated rings. The zero-order valence-electron chi connectivity index (χ0n) is 18.1. The van der Waals surface area contributed by atoms with E-state index < -0.39 is 24.3 Å². The molecule has 3 heterocycles. The van der Waals surface area contributed by atoms with Crippen LogP contribution in [-0.2, 0) is 20.9 Å². The number of carboxylic acids is 2. The number of pyridine rings is 1. The molecule has 3 N–H and O–H groups in total. The molecule has 2 saturated heterocycles. The molecule has 0 radical (unpaired) electrons. The van der Waals surface area contributed by atoms with Gasteiger partial charge in [-0.25, -0.2) is 9.59 Å². The van der Waals surface area contributed by atoms with Crippen molar-refractivity contribution in [3.63, 3.8) is 0 Å². The number of hydrogen-bond donors (Lipinski definition) is 3. The number of fused-ring (bicyclic) bond motifs is 1.